The summed E-state index contributed by atoms with van der Waals surface area (Å²) in [6, 6.07) is 9.16. The van der Waals surface area contributed by atoms with Crippen LogP contribution in [0.1, 0.15) is 18.5 Å². The predicted molar refractivity (Wildman–Crippen MR) is 111 cm³/mol. The number of halogens is 1. The van der Waals surface area contributed by atoms with E-state index >= 15 is 0 Å². The largest absolute Gasteiger partial charge is 0.369 e. The molecule has 0 unspecified atom stereocenters. The van der Waals surface area contributed by atoms with E-state index in [-0.39, 0.29) is 5.82 Å². The fraction of sp³-hybridized carbons (Fsp3) is 0.524. The normalized spacial score (nSPS) is 19.1. The number of benzene rings is 1. The molecule has 27 heavy (non-hydrogen) atoms. The van der Waals surface area contributed by atoms with Gasteiger partial charge in [0.2, 0.25) is 0 Å². The van der Waals surface area contributed by atoms with Crippen LogP contribution in [-0.2, 0) is 13.0 Å². The minimum absolute atomic E-state index is 0.162. The minimum atomic E-state index is -0.162. The van der Waals surface area contributed by atoms with Crippen LogP contribution < -0.4 is 4.90 Å². The van der Waals surface area contributed by atoms with Crippen LogP contribution in [0.15, 0.2) is 41.4 Å². The first kappa shape index (κ1) is 18.8. The van der Waals surface area contributed by atoms with Gasteiger partial charge in [-0.2, -0.15) is 0 Å². The molecule has 2 aliphatic rings. The van der Waals surface area contributed by atoms with Crippen molar-refractivity contribution in [1.29, 1.82) is 0 Å². The van der Waals surface area contributed by atoms with Gasteiger partial charge >= 0.3 is 0 Å². The molecule has 1 fully saturated rings. The van der Waals surface area contributed by atoms with Crippen LogP contribution in [-0.4, -0.2) is 60.1 Å². The average molecular weight is 389 g/mol. The number of hydrogen-bond acceptors (Lipinski definition) is 4. The molecule has 3 heterocycles. The zero-order chi connectivity index (χ0) is 18.6. The van der Waals surface area contributed by atoms with Crippen molar-refractivity contribution in [3.8, 4) is 0 Å². The number of hydrogen-bond donors (Lipinski definition) is 0. The first-order valence-electron chi connectivity index (χ1n) is 9.99. The highest BCUT2D eigenvalue weighted by Gasteiger charge is 2.18. The van der Waals surface area contributed by atoms with E-state index in [0.29, 0.717) is 0 Å². The minimum Gasteiger partial charge on any atom is -0.369 e. The molecule has 2 aromatic rings. The summed E-state index contributed by atoms with van der Waals surface area (Å²) in [5.74, 6) is -0.162. The lowest BCUT2D eigenvalue weighted by Gasteiger charge is -2.36. The van der Waals surface area contributed by atoms with Gasteiger partial charge < -0.3 is 9.47 Å². The van der Waals surface area contributed by atoms with E-state index in [4.69, 9.17) is 0 Å². The van der Waals surface area contributed by atoms with Crippen LogP contribution in [0.25, 0.3) is 0 Å². The Morgan fingerprint density at radius 1 is 0.963 bits per heavy atom. The second-order valence-corrected chi connectivity index (χ2v) is 8.77. The maximum atomic E-state index is 13.1. The Bertz CT molecular complexity index is 737. The monoisotopic (exact) mass is 388 g/mol. The van der Waals surface area contributed by atoms with E-state index in [2.05, 4.69) is 38.0 Å². The molecule has 1 aromatic carbocycles. The van der Waals surface area contributed by atoms with Crippen LogP contribution in [0.5, 0.6) is 0 Å². The van der Waals surface area contributed by atoms with Gasteiger partial charge in [0.25, 0.3) is 0 Å². The Balaban J connectivity index is 1.23. The molecule has 0 aliphatic carbocycles. The molecule has 6 heteroatoms. The molecule has 0 atom stereocenters. The summed E-state index contributed by atoms with van der Waals surface area (Å²) in [5.41, 5.74) is 2.65. The number of aromatic nitrogens is 1. The fourth-order valence-corrected chi connectivity index (χ4v) is 5.08. The Labute approximate surface area is 166 Å². The van der Waals surface area contributed by atoms with Crippen molar-refractivity contribution in [2.45, 2.75) is 30.7 Å². The Kier molecular flexibility index (Phi) is 6.05. The van der Waals surface area contributed by atoms with E-state index < -0.39 is 0 Å². The first-order chi connectivity index (χ1) is 13.2. The van der Waals surface area contributed by atoms with Crippen LogP contribution >= 0.6 is 11.9 Å². The predicted octanol–water partition coefficient (Wildman–Crippen LogP) is 3.72. The van der Waals surface area contributed by atoms with E-state index in [0.717, 1.165) is 51.5 Å². The molecule has 1 saturated heterocycles. The van der Waals surface area contributed by atoms with Crippen LogP contribution in [0.2, 0.25) is 0 Å². The Morgan fingerprint density at radius 3 is 2.52 bits per heavy atom. The fourth-order valence-electron chi connectivity index (χ4n) is 4.07. The number of fused-ring (bicyclic) bond motifs is 1. The molecule has 1 aromatic heterocycles. The summed E-state index contributed by atoms with van der Waals surface area (Å²) in [4.78, 5) is 6.35. The molecule has 4 rings (SSSR count). The molecular weight excluding hydrogens is 359 g/mol. The van der Waals surface area contributed by atoms with Crippen molar-refractivity contribution in [2.24, 2.45) is 0 Å². The second kappa shape index (κ2) is 8.67. The topological polar surface area (TPSA) is 14.7 Å². The van der Waals surface area contributed by atoms with Crippen molar-refractivity contribution < 1.29 is 4.39 Å². The van der Waals surface area contributed by atoms with Gasteiger partial charge in [0.1, 0.15) is 5.82 Å². The van der Waals surface area contributed by atoms with Gasteiger partial charge in [0, 0.05) is 61.7 Å². The average Bonchev–Trinajstić information content (AvgIpc) is 2.94. The number of anilines is 1. The SMILES string of the molecule is CN1CCCc2c(ccn2CCCN2CCN(c3ccc(F)cc3)CC2)S1. The summed E-state index contributed by atoms with van der Waals surface area (Å²) >= 11 is 1.89. The van der Waals surface area contributed by atoms with E-state index in [1.807, 2.05) is 24.1 Å². The van der Waals surface area contributed by atoms with Crippen molar-refractivity contribution in [2.75, 3.05) is 51.2 Å². The lowest BCUT2D eigenvalue weighted by molar-refractivity contribution is 0.250. The van der Waals surface area contributed by atoms with Gasteiger partial charge in [-0.05, 0) is 75.1 Å². The van der Waals surface area contributed by atoms with Gasteiger partial charge in [0.15, 0.2) is 0 Å². The van der Waals surface area contributed by atoms with Crippen LogP contribution in [0.4, 0.5) is 10.1 Å². The zero-order valence-electron chi connectivity index (χ0n) is 16.1. The summed E-state index contributed by atoms with van der Waals surface area (Å²) in [5, 5.41) is 0. The van der Waals surface area contributed by atoms with E-state index in [1.54, 1.807) is 12.1 Å². The second-order valence-electron chi connectivity index (χ2n) is 7.53. The van der Waals surface area contributed by atoms with E-state index in [9.17, 15) is 4.39 Å². The van der Waals surface area contributed by atoms with Gasteiger partial charge in [-0.15, -0.1) is 0 Å². The summed E-state index contributed by atoms with van der Waals surface area (Å²) in [7, 11) is 2.18. The van der Waals surface area contributed by atoms with Crippen LogP contribution in [0, 0.1) is 5.82 Å². The molecule has 0 N–H and O–H groups in total. The maximum Gasteiger partial charge on any atom is 0.123 e. The van der Waals surface area contributed by atoms with Crippen molar-refractivity contribution in [1.82, 2.24) is 13.8 Å². The first-order valence-corrected chi connectivity index (χ1v) is 10.8. The molecule has 146 valence electrons. The molecule has 0 bridgehead atoms. The molecule has 0 saturated carbocycles. The quantitative estimate of drug-likeness (QED) is 0.725. The smallest absolute Gasteiger partial charge is 0.123 e. The molecule has 0 amide bonds. The number of nitrogens with zero attached hydrogens (tertiary/aromatic N) is 4. The molecule has 0 spiro atoms. The summed E-state index contributed by atoms with van der Waals surface area (Å²) in [6.45, 7) is 7.64. The Hall–Kier alpha value is -1.50. The highest BCUT2D eigenvalue weighted by atomic mass is 32.2. The maximum absolute atomic E-state index is 13.1. The number of aryl methyl sites for hydroxylation is 1. The standard InChI is InChI=1S/C21H29FN4S/c1-23-10-2-4-20-21(27-23)9-13-26(20)12-3-11-24-14-16-25(17-15-24)19-7-5-18(22)6-8-19/h5-9,13H,2-4,10-12,14-17H2,1H3. The number of piperazine rings is 1. The van der Waals surface area contributed by atoms with Crippen molar-refractivity contribution in [3.05, 3.63) is 48.0 Å². The highest BCUT2D eigenvalue weighted by Crippen LogP contribution is 2.30. The third-order valence-corrected chi connectivity index (χ3v) is 6.68. The van der Waals surface area contributed by atoms with Gasteiger partial charge in [-0.1, -0.05) is 0 Å². The highest BCUT2D eigenvalue weighted by molar-refractivity contribution is 7.97. The third kappa shape index (κ3) is 4.68. The van der Waals surface area contributed by atoms with Gasteiger partial charge in [0.05, 0.1) is 0 Å². The Morgan fingerprint density at radius 2 is 1.74 bits per heavy atom. The van der Waals surface area contributed by atoms with Crippen molar-refractivity contribution >= 4 is 17.6 Å². The lowest BCUT2D eigenvalue weighted by Crippen LogP contribution is -2.46. The molecule has 4 nitrogen and oxygen atoms in total. The van der Waals surface area contributed by atoms with Crippen molar-refractivity contribution in [3.63, 3.8) is 0 Å². The zero-order valence-corrected chi connectivity index (χ0v) is 16.9. The number of rotatable bonds is 5. The molecule has 0 radical (unpaired) electrons. The lowest BCUT2D eigenvalue weighted by atomic mass is 10.2. The summed E-state index contributed by atoms with van der Waals surface area (Å²) < 4.78 is 17.9. The van der Waals surface area contributed by atoms with Crippen LogP contribution in [0.3, 0.4) is 0 Å². The van der Waals surface area contributed by atoms with E-state index in [1.165, 1.54) is 29.9 Å². The molecule has 2 aliphatic heterocycles. The summed E-state index contributed by atoms with van der Waals surface area (Å²) in [6.07, 6.45) is 5.89. The van der Waals surface area contributed by atoms with Gasteiger partial charge in [-0.25, -0.2) is 8.70 Å². The molecular formula is C21H29FN4S. The third-order valence-electron chi connectivity index (χ3n) is 5.62. The van der Waals surface area contributed by atoms with Gasteiger partial charge in [-0.3, -0.25) is 4.90 Å².